The molecule has 0 aromatic heterocycles. The standard InChI is InChI=1S/C17H21NO2S/c1-12(8-9-21-3)18(2)17(20)15-10-13-6-4-5-7-14(13)11-16(15)19/h4-7,10-12,19H,8-9H2,1-3H3. The Morgan fingerprint density at radius 2 is 1.90 bits per heavy atom. The first-order valence-electron chi connectivity index (χ1n) is 7.02. The van der Waals surface area contributed by atoms with Crippen molar-refractivity contribution in [2.24, 2.45) is 0 Å². The van der Waals surface area contributed by atoms with E-state index in [9.17, 15) is 9.90 Å². The second-order valence-electron chi connectivity index (χ2n) is 5.26. The van der Waals surface area contributed by atoms with Crippen LogP contribution in [-0.2, 0) is 0 Å². The second-order valence-corrected chi connectivity index (χ2v) is 6.25. The van der Waals surface area contributed by atoms with Gasteiger partial charge in [0.2, 0.25) is 0 Å². The molecule has 2 rings (SSSR count). The molecule has 1 N–H and O–H groups in total. The summed E-state index contributed by atoms with van der Waals surface area (Å²) in [6, 6.07) is 11.3. The Labute approximate surface area is 130 Å². The van der Waals surface area contributed by atoms with Crippen molar-refractivity contribution in [1.29, 1.82) is 0 Å². The molecule has 1 unspecified atom stereocenters. The van der Waals surface area contributed by atoms with E-state index < -0.39 is 0 Å². The summed E-state index contributed by atoms with van der Waals surface area (Å²) < 4.78 is 0. The van der Waals surface area contributed by atoms with Crippen LogP contribution in [0, 0.1) is 0 Å². The molecular weight excluding hydrogens is 282 g/mol. The highest BCUT2D eigenvalue weighted by Crippen LogP contribution is 2.26. The zero-order chi connectivity index (χ0) is 15.4. The molecule has 2 aromatic carbocycles. The van der Waals surface area contributed by atoms with Gasteiger partial charge < -0.3 is 10.0 Å². The van der Waals surface area contributed by atoms with Crippen LogP contribution in [0.25, 0.3) is 10.8 Å². The first-order valence-corrected chi connectivity index (χ1v) is 8.42. The molecule has 0 aliphatic heterocycles. The molecule has 0 spiro atoms. The Balaban J connectivity index is 2.28. The van der Waals surface area contributed by atoms with Gasteiger partial charge in [0.15, 0.2) is 0 Å². The number of nitrogens with zero attached hydrogens (tertiary/aromatic N) is 1. The minimum absolute atomic E-state index is 0.0441. The fourth-order valence-electron chi connectivity index (χ4n) is 2.27. The van der Waals surface area contributed by atoms with Gasteiger partial charge in [0.05, 0.1) is 5.56 Å². The zero-order valence-electron chi connectivity index (χ0n) is 12.7. The van der Waals surface area contributed by atoms with Crippen LogP contribution in [0.5, 0.6) is 5.75 Å². The average molecular weight is 303 g/mol. The van der Waals surface area contributed by atoms with Crippen LogP contribution >= 0.6 is 11.8 Å². The highest BCUT2D eigenvalue weighted by molar-refractivity contribution is 7.98. The lowest BCUT2D eigenvalue weighted by molar-refractivity contribution is 0.0738. The van der Waals surface area contributed by atoms with Gasteiger partial charge in [-0.1, -0.05) is 24.3 Å². The van der Waals surface area contributed by atoms with Gasteiger partial charge >= 0.3 is 0 Å². The molecule has 0 radical (unpaired) electrons. The van der Waals surface area contributed by atoms with Crippen molar-refractivity contribution in [3.8, 4) is 5.75 Å². The summed E-state index contributed by atoms with van der Waals surface area (Å²) >= 11 is 1.77. The van der Waals surface area contributed by atoms with E-state index in [1.165, 1.54) is 0 Å². The topological polar surface area (TPSA) is 40.5 Å². The Bertz CT molecular complexity index is 642. The van der Waals surface area contributed by atoms with Crippen molar-refractivity contribution in [2.45, 2.75) is 19.4 Å². The predicted molar refractivity (Wildman–Crippen MR) is 90.2 cm³/mol. The average Bonchev–Trinajstić information content (AvgIpc) is 2.50. The van der Waals surface area contributed by atoms with E-state index in [-0.39, 0.29) is 17.7 Å². The number of benzene rings is 2. The molecule has 4 heteroatoms. The van der Waals surface area contributed by atoms with Crippen molar-refractivity contribution >= 4 is 28.4 Å². The molecule has 0 aliphatic carbocycles. The van der Waals surface area contributed by atoms with Crippen LogP contribution in [0.15, 0.2) is 36.4 Å². The third-order valence-corrected chi connectivity index (χ3v) is 4.46. The summed E-state index contributed by atoms with van der Waals surface area (Å²) in [6.07, 6.45) is 3.00. The number of hydrogen-bond donors (Lipinski definition) is 1. The third kappa shape index (κ3) is 3.50. The number of phenols is 1. The minimum Gasteiger partial charge on any atom is -0.507 e. The molecule has 0 saturated carbocycles. The number of thioether (sulfide) groups is 1. The molecule has 1 atom stereocenters. The lowest BCUT2D eigenvalue weighted by atomic mass is 10.0. The number of rotatable bonds is 5. The van der Waals surface area contributed by atoms with Gasteiger partial charge in [-0.25, -0.2) is 0 Å². The Kier molecular flexibility index (Phi) is 5.12. The molecule has 112 valence electrons. The lowest BCUT2D eigenvalue weighted by Crippen LogP contribution is -2.35. The van der Waals surface area contributed by atoms with Crippen LogP contribution in [0.1, 0.15) is 23.7 Å². The van der Waals surface area contributed by atoms with E-state index in [1.807, 2.05) is 31.2 Å². The molecule has 0 fully saturated rings. The molecule has 0 aliphatic rings. The largest absolute Gasteiger partial charge is 0.507 e. The van der Waals surface area contributed by atoms with E-state index in [0.29, 0.717) is 5.56 Å². The number of amides is 1. The Morgan fingerprint density at radius 1 is 1.29 bits per heavy atom. The Hall–Kier alpha value is -1.68. The number of carbonyl (C=O) groups is 1. The number of aromatic hydroxyl groups is 1. The van der Waals surface area contributed by atoms with Crippen molar-refractivity contribution in [2.75, 3.05) is 19.1 Å². The van der Waals surface area contributed by atoms with E-state index in [1.54, 1.807) is 35.8 Å². The van der Waals surface area contributed by atoms with Crippen molar-refractivity contribution < 1.29 is 9.90 Å². The molecule has 2 aromatic rings. The normalized spacial score (nSPS) is 12.3. The van der Waals surface area contributed by atoms with E-state index in [4.69, 9.17) is 0 Å². The summed E-state index contributed by atoms with van der Waals surface area (Å²) in [5, 5.41) is 12.0. The fraction of sp³-hybridized carbons (Fsp3) is 0.353. The van der Waals surface area contributed by atoms with Crippen LogP contribution in [-0.4, -0.2) is 41.0 Å². The quantitative estimate of drug-likeness (QED) is 0.914. The van der Waals surface area contributed by atoms with E-state index in [0.717, 1.165) is 22.9 Å². The fourth-order valence-corrected chi connectivity index (χ4v) is 2.85. The number of fused-ring (bicyclic) bond motifs is 1. The molecule has 0 bridgehead atoms. The first kappa shape index (κ1) is 15.7. The summed E-state index contributed by atoms with van der Waals surface area (Å²) in [5.74, 6) is 0.928. The van der Waals surface area contributed by atoms with Crippen LogP contribution in [0.2, 0.25) is 0 Å². The van der Waals surface area contributed by atoms with Crippen molar-refractivity contribution in [1.82, 2.24) is 4.90 Å². The monoisotopic (exact) mass is 303 g/mol. The summed E-state index contributed by atoms with van der Waals surface area (Å²) in [5.41, 5.74) is 0.368. The maximum Gasteiger partial charge on any atom is 0.257 e. The maximum atomic E-state index is 12.6. The van der Waals surface area contributed by atoms with Crippen LogP contribution < -0.4 is 0 Å². The van der Waals surface area contributed by atoms with Gasteiger partial charge in [0.1, 0.15) is 5.75 Å². The van der Waals surface area contributed by atoms with Crippen LogP contribution in [0.3, 0.4) is 0 Å². The highest BCUT2D eigenvalue weighted by atomic mass is 32.2. The van der Waals surface area contributed by atoms with E-state index >= 15 is 0 Å². The highest BCUT2D eigenvalue weighted by Gasteiger charge is 2.20. The predicted octanol–water partition coefficient (Wildman–Crippen LogP) is 3.76. The number of hydrogen-bond acceptors (Lipinski definition) is 3. The maximum absolute atomic E-state index is 12.6. The molecule has 21 heavy (non-hydrogen) atoms. The molecule has 0 saturated heterocycles. The SMILES string of the molecule is CSCCC(C)N(C)C(=O)c1cc2ccccc2cc1O. The second kappa shape index (κ2) is 6.85. The van der Waals surface area contributed by atoms with Crippen LogP contribution in [0.4, 0.5) is 0 Å². The molecule has 0 heterocycles. The van der Waals surface area contributed by atoms with Gasteiger partial charge in [0, 0.05) is 13.1 Å². The van der Waals surface area contributed by atoms with Gasteiger partial charge in [-0.05, 0) is 48.3 Å². The minimum atomic E-state index is -0.133. The lowest BCUT2D eigenvalue weighted by Gasteiger charge is -2.25. The van der Waals surface area contributed by atoms with E-state index in [2.05, 4.69) is 6.26 Å². The number of carbonyl (C=O) groups excluding carboxylic acids is 1. The zero-order valence-corrected chi connectivity index (χ0v) is 13.5. The van der Waals surface area contributed by atoms with Crippen molar-refractivity contribution in [3.05, 3.63) is 42.0 Å². The van der Waals surface area contributed by atoms with Crippen molar-refractivity contribution in [3.63, 3.8) is 0 Å². The summed E-state index contributed by atoms with van der Waals surface area (Å²) in [7, 11) is 1.79. The van der Waals surface area contributed by atoms with Gasteiger partial charge in [-0.15, -0.1) is 0 Å². The first-order chi connectivity index (χ1) is 10.0. The third-order valence-electron chi connectivity index (χ3n) is 3.82. The molecular formula is C17H21NO2S. The summed E-state index contributed by atoms with van der Waals surface area (Å²) in [4.78, 5) is 14.3. The smallest absolute Gasteiger partial charge is 0.257 e. The van der Waals surface area contributed by atoms with Gasteiger partial charge in [-0.2, -0.15) is 11.8 Å². The Morgan fingerprint density at radius 3 is 2.52 bits per heavy atom. The summed E-state index contributed by atoms with van der Waals surface area (Å²) in [6.45, 7) is 2.03. The number of phenolic OH excluding ortho intramolecular Hbond substituents is 1. The van der Waals surface area contributed by atoms with Gasteiger partial charge in [-0.3, -0.25) is 4.79 Å². The molecule has 1 amide bonds. The van der Waals surface area contributed by atoms with Gasteiger partial charge in [0.25, 0.3) is 5.91 Å². The molecule has 3 nitrogen and oxygen atoms in total.